The van der Waals surface area contributed by atoms with Gasteiger partial charge in [-0.25, -0.2) is 0 Å². The number of hydrogen-bond donors (Lipinski definition) is 1. The lowest BCUT2D eigenvalue weighted by atomic mass is 10.2. The number of carbonyl (C=O) groups excluding carboxylic acids is 1. The molecule has 0 saturated carbocycles. The van der Waals surface area contributed by atoms with Crippen LogP contribution in [0.4, 0.5) is 0 Å². The molecule has 2 heterocycles. The Hall–Kier alpha value is -1.42. The zero-order valence-corrected chi connectivity index (χ0v) is 8.48. The minimum Gasteiger partial charge on any atom is -0.376 e. The fraction of sp³-hybridized carbons (Fsp3) is 0.455. The summed E-state index contributed by atoms with van der Waals surface area (Å²) in [6.07, 6.45) is 5.55. The van der Waals surface area contributed by atoms with E-state index in [9.17, 15) is 4.79 Å². The van der Waals surface area contributed by atoms with Crippen LogP contribution in [-0.2, 0) is 4.74 Å². The number of pyridine rings is 1. The van der Waals surface area contributed by atoms with Crippen molar-refractivity contribution in [3.63, 3.8) is 0 Å². The minimum absolute atomic E-state index is 0.0621. The molecule has 1 fully saturated rings. The highest BCUT2D eigenvalue weighted by atomic mass is 16.5. The van der Waals surface area contributed by atoms with Gasteiger partial charge in [0.1, 0.15) is 0 Å². The second kappa shape index (κ2) is 4.89. The molecule has 0 aliphatic carbocycles. The van der Waals surface area contributed by atoms with Crippen molar-refractivity contribution in [2.45, 2.75) is 18.9 Å². The number of rotatable bonds is 3. The Morgan fingerprint density at radius 3 is 3.00 bits per heavy atom. The van der Waals surface area contributed by atoms with Gasteiger partial charge in [0.05, 0.1) is 6.10 Å². The predicted molar refractivity (Wildman–Crippen MR) is 55.5 cm³/mol. The average molecular weight is 206 g/mol. The monoisotopic (exact) mass is 206 g/mol. The van der Waals surface area contributed by atoms with Gasteiger partial charge in [0.25, 0.3) is 5.91 Å². The van der Waals surface area contributed by atoms with Crippen LogP contribution in [0.3, 0.4) is 0 Å². The zero-order chi connectivity index (χ0) is 10.5. The standard InChI is InChI=1S/C11H14N2O2/c14-11(9-3-5-12-6-4-9)13-8-10-2-1-7-15-10/h3-6,10H,1-2,7-8H2,(H,13,14)/t10-/m0/s1. The predicted octanol–water partition coefficient (Wildman–Crippen LogP) is 0.990. The summed E-state index contributed by atoms with van der Waals surface area (Å²) < 4.78 is 5.41. The van der Waals surface area contributed by atoms with Gasteiger partial charge in [-0.2, -0.15) is 0 Å². The molecule has 1 aliphatic heterocycles. The lowest BCUT2D eigenvalue weighted by molar-refractivity contribution is 0.0857. The number of carbonyl (C=O) groups is 1. The van der Waals surface area contributed by atoms with Gasteiger partial charge in [0.15, 0.2) is 0 Å². The van der Waals surface area contributed by atoms with E-state index in [2.05, 4.69) is 10.3 Å². The molecule has 80 valence electrons. The van der Waals surface area contributed by atoms with Gasteiger partial charge < -0.3 is 10.1 Å². The number of nitrogens with zero attached hydrogens (tertiary/aromatic N) is 1. The van der Waals surface area contributed by atoms with E-state index < -0.39 is 0 Å². The summed E-state index contributed by atoms with van der Waals surface area (Å²) in [6, 6.07) is 3.40. The third-order valence-corrected chi connectivity index (χ3v) is 2.46. The molecule has 2 rings (SSSR count). The Balaban J connectivity index is 1.82. The van der Waals surface area contributed by atoms with E-state index in [0.29, 0.717) is 12.1 Å². The van der Waals surface area contributed by atoms with Crippen LogP contribution < -0.4 is 5.32 Å². The van der Waals surface area contributed by atoms with Crippen molar-refractivity contribution >= 4 is 5.91 Å². The van der Waals surface area contributed by atoms with Gasteiger partial charge >= 0.3 is 0 Å². The second-order valence-corrected chi connectivity index (χ2v) is 3.58. The van der Waals surface area contributed by atoms with Crippen LogP contribution in [0.2, 0.25) is 0 Å². The third-order valence-electron chi connectivity index (χ3n) is 2.46. The molecule has 0 spiro atoms. The van der Waals surface area contributed by atoms with Crippen LogP contribution in [0, 0.1) is 0 Å². The van der Waals surface area contributed by atoms with Crippen LogP contribution in [0.1, 0.15) is 23.2 Å². The van der Waals surface area contributed by atoms with Gasteiger partial charge in [-0.1, -0.05) is 0 Å². The molecule has 1 atom stereocenters. The average Bonchev–Trinajstić information content (AvgIpc) is 2.80. The SMILES string of the molecule is O=C(NC[C@@H]1CCCO1)c1ccncc1. The van der Waals surface area contributed by atoms with Crippen molar-refractivity contribution in [2.24, 2.45) is 0 Å². The van der Waals surface area contributed by atoms with Crippen molar-refractivity contribution in [1.29, 1.82) is 0 Å². The molecule has 0 radical (unpaired) electrons. The molecule has 1 saturated heterocycles. The molecular weight excluding hydrogens is 192 g/mol. The topological polar surface area (TPSA) is 51.2 Å². The smallest absolute Gasteiger partial charge is 0.251 e. The van der Waals surface area contributed by atoms with Crippen molar-refractivity contribution in [3.8, 4) is 0 Å². The lowest BCUT2D eigenvalue weighted by Crippen LogP contribution is -2.31. The van der Waals surface area contributed by atoms with E-state index in [1.54, 1.807) is 24.5 Å². The number of nitrogens with one attached hydrogen (secondary N) is 1. The van der Waals surface area contributed by atoms with Gasteiger partial charge in [-0.05, 0) is 25.0 Å². The highest BCUT2D eigenvalue weighted by Crippen LogP contribution is 2.10. The molecule has 0 aromatic carbocycles. The molecule has 0 bridgehead atoms. The Labute approximate surface area is 88.7 Å². The van der Waals surface area contributed by atoms with Crippen LogP contribution >= 0.6 is 0 Å². The fourth-order valence-electron chi connectivity index (χ4n) is 1.62. The maximum absolute atomic E-state index is 11.6. The summed E-state index contributed by atoms with van der Waals surface area (Å²) in [5, 5.41) is 2.85. The highest BCUT2D eigenvalue weighted by molar-refractivity contribution is 5.93. The summed E-state index contributed by atoms with van der Waals surface area (Å²) in [5.74, 6) is -0.0621. The van der Waals surface area contributed by atoms with Crippen molar-refractivity contribution in [3.05, 3.63) is 30.1 Å². The van der Waals surface area contributed by atoms with Crippen LogP contribution in [-0.4, -0.2) is 30.1 Å². The van der Waals surface area contributed by atoms with E-state index in [0.717, 1.165) is 19.4 Å². The van der Waals surface area contributed by atoms with Gasteiger partial charge in [-0.15, -0.1) is 0 Å². The molecule has 1 aromatic rings. The van der Waals surface area contributed by atoms with Crippen molar-refractivity contribution in [2.75, 3.05) is 13.2 Å². The van der Waals surface area contributed by atoms with Gasteiger partial charge in [-0.3, -0.25) is 9.78 Å². The van der Waals surface area contributed by atoms with Crippen LogP contribution in [0.25, 0.3) is 0 Å². The quantitative estimate of drug-likeness (QED) is 0.802. The summed E-state index contributed by atoms with van der Waals surface area (Å²) in [5.41, 5.74) is 0.642. The van der Waals surface area contributed by atoms with E-state index in [-0.39, 0.29) is 12.0 Å². The van der Waals surface area contributed by atoms with E-state index in [1.165, 1.54) is 0 Å². The largest absolute Gasteiger partial charge is 0.376 e. The van der Waals surface area contributed by atoms with Gasteiger partial charge in [0, 0.05) is 31.1 Å². The van der Waals surface area contributed by atoms with Crippen molar-refractivity contribution in [1.82, 2.24) is 10.3 Å². The summed E-state index contributed by atoms with van der Waals surface area (Å²) >= 11 is 0. The summed E-state index contributed by atoms with van der Waals surface area (Å²) in [6.45, 7) is 1.41. The molecule has 1 N–H and O–H groups in total. The maximum atomic E-state index is 11.6. The molecular formula is C11H14N2O2. The number of ether oxygens (including phenoxy) is 1. The zero-order valence-electron chi connectivity index (χ0n) is 8.48. The Morgan fingerprint density at radius 2 is 2.33 bits per heavy atom. The van der Waals surface area contributed by atoms with Crippen LogP contribution in [0.15, 0.2) is 24.5 Å². The number of amides is 1. The first kappa shape index (κ1) is 10.1. The van der Waals surface area contributed by atoms with Crippen molar-refractivity contribution < 1.29 is 9.53 Å². The minimum atomic E-state index is -0.0621. The highest BCUT2D eigenvalue weighted by Gasteiger charge is 2.16. The Bertz CT molecular complexity index is 321. The number of aromatic nitrogens is 1. The first-order chi connectivity index (χ1) is 7.36. The second-order valence-electron chi connectivity index (χ2n) is 3.58. The summed E-state index contributed by atoms with van der Waals surface area (Å²) in [7, 11) is 0. The lowest BCUT2D eigenvalue weighted by Gasteiger charge is -2.10. The van der Waals surface area contributed by atoms with Gasteiger partial charge in [0.2, 0.25) is 0 Å². The molecule has 1 amide bonds. The molecule has 4 heteroatoms. The Morgan fingerprint density at radius 1 is 1.53 bits per heavy atom. The first-order valence-electron chi connectivity index (χ1n) is 5.16. The van der Waals surface area contributed by atoms with Crippen LogP contribution in [0.5, 0.6) is 0 Å². The summed E-state index contributed by atoms with van der Waals surface area (Å²) in [4.78, 5) is 15.5. The molecule has 4 nitrogen and oxygen atoms in total. The molecule has 0 unspecified atom stereocenters. The van der Waals surface area contributed by atoms with E-state index in [4.69, 9.17) is 4.74 Å². The Kier molecular flexibility index (Phi) is 3.29. The maximum Gasteiger partial charge on any atom is 0.251 e. The molecule has 1 aliphatic rings. The first-order valence-corrected chi connectivity index (χ1v) is 5.16. The fourth-order valence-corrected chi connectivity index (χ4v) is 1.62. The van der Waals surface area contributed by atoms with E-state index in [1.807, 2.05) is 0 Å². The normalized spacial score (nSPS) is 20.1. The molecule has 1 aromatic heterocycles. The van der Waals surface area contributed by atoms with E-state index >= 15 is 0 Å². The molecule has 15 heavy (non-hydrogen) atoms. The number of hydrogen-bond acceptors (Lipinski definition) is 3. The third kappa shape index (κ3) is 2.76.